The van der Waals surface area contributed by atoms with Gasteiger partial charge in [0.05, 0.1) is 10.5 Å². The van der Waals surface area contributed by atoms with E-state index in [0.717, 1.165) is 38.5 Å². The van der Waals surface area contributed by atoms with Crippen LogP contribution in [0.3, 0.4) is 0 Å². The molecular weight excluding hydrogens is 524 g/mol. The molecular formula is C28H35F2N5O3S. The topological polar surface area (TPSA) is 97.2 Å². The van der Waals surface area contributed by atoms with Crippen LogP contribution in [-0.4, -0.2) is 40.3 Å². The molecule has 0 unspecified atom stereocenters. The minimum Gasteiger partial charge on any atom is -0.324 e. The van der Waals surface area contributed by atoms with Gasteiger partial charge >= 0.3 is 0 Å². The van der Waals surface area contributed by atoms with E-state index < -0.39 is 27.6 Å². The van der Waals surface area contributed by atoms with Crippen molar-refractivity contribution < 1.29 is 17.2 Å². The predicted molar refractivity (Wildman–Crippen MR) is 147 cm³/mol. The van der Waals surface area contributed by atoms with E-state index in [4.69, 9.17) is 0 Å². The van der Waals surface area contributed by atoms with E-state index in [2.05, 4.69) is 29.1 Å². The Morgan fingerprint density at radius 2 is 1.74 bits per heavy atom. The Morgan fingerprint density at radius 1 is 1.05 bits per heavy atom. The zero-order chi connectivity index (χ0) is 27.9. The summed E-state index contributed by atoms with van der Waals surface area (Å²) in [6, 6.07) is 5.88. The number of sulfonamides is 1. The van der Waals surface area contributed by atoms with Gasteiger partial charge in [-0.25, -0.2) is 22.2 Å². The van der Waals surface area contributed by atoms with E-state index >= 15 is 0 Å². The molecule has 0 radical (unpaired) electrons. The number of nitrogens with zero attached hydrogens (tertiary/aromatic N) is 4. The van der Waals surface area contributed by atoms with E-state index in [9.17, 15) is 22.0 Å². The number of aromatic nitrogens is 3. The molecule has 39 heavy (non-hydrogen) atoms. The first-order valence-electron chi connectivity index (χ1n) is 13.6. The van der Waals surface area contributed by atoms with Gasteiger partial charge in [0, 0.05) is 36.4 Å². The first-order valence-corrected chi connectivity index (χ1v) is 15.1. The summed E-state index contributed by atoms with van der Waals surface area (Å²) in [7, 11) is -3.61. The van der Waals surface area contributed by atoms with Crippen LogP contribution in [0, 0.1) is 18.8 Å². The minimum atomic E-state index is -3.61. The van der Waals surface area contributed by atoms with Crippen LogP contribution in [-0.2, 0) is 10.0 Å². The second-order valence-corrected chi connectivity index (χ2v) is 13.0. The molecule has 2 aliphatic rings. The number of halogens is 2. The van der Waals surface area contributed by atoms with Crippen molar-refractivity contribution in [1.29, 1.82) is 0 Å². The van der Waals surface area contributed by atoms with E-state index in [1.807, 2.05) is 0 Å². The molecule has 1 saturated carbocycles. The predicted octanol–water partition coefficient (Wildman–Crippen LogP) is 5.95. The van der Waals surface area contributed by atoms with Crippen LogP contribution in [0.5, 0.6) is 0 Å². The lowest BCUT2D eigenvalue weighted by Crippen LogP contribution is -2.39. The highest BCUT2D eigenvalue weighted by atomic mass is 32.2. The Kier molecular flexibility index (Phi) is 7.74. The SMILES string of the molecule is Cc1cc(S(=O)(=O)N2CCC(C(C)C)CC2)ccc1Nc1ncc2cc(C(F)F)c(=O)n(C3CCCC3)c2n1. The smallest absolute Gasteiger partial charge is 0.269 e. The van der Waals surface area contributed by atoms with Crippen LogP contribution in [0.1, 0.15) is 76.0 Å². The minimum absolute atomic E-state index is 0.182. The van der Waals surface area contributed by atoms with Crippen LogP contribution in [0.4, 0.5) is 20.4 Å². The van der Waals surface area contributed by atoms with Gasteiger partial charge in [0.1, 0.15) is 5.65 Å². The summed E-state index contributed by atoms with van der Waals surface area (Å²) < 4.78 is 56.8. The van der Waals surface area contributed by atoms with E-state index in [-0.39, 0.29) is 16.9 Å². The molecule has 1 aliphatic carbocycles. The van der Waals surface area contributed by atoms with Crippen LogP contribution in [0.2, 0.25) is 0 Å². The molecule has 11 heteroatoms. The molecule has 8 nitrogen and oxygen atoms in total. The van der Waals surface area contributed by atoms with Gasteiger partial charge in [-0.3, -0.25) is 9.36 Å². The lowest BCUT2D eigenvalue weighted by Gasteiger charge is -2.33. The fourth-order valence-corrected chi connectivity index (χ4v) is 7.40. The maximum absolute atomic E-state index is 13.6. The highest BCUT2D eigenvalue weighted by Crippen LogP contribution is 2.33. The van der Waals surface area contributed by atoms with Crippen molar-refractivity contribution in [2.24, 2.45) is 11.8 Å². The van der Waals surface area contributed by atoms with Crippen LogP contribution in [0.15, 0.2) is 40.2 Å². The van der Waals surface area contributed by atoms with Crippen molar-refractivity contribution in [2.75, 3.05) is 18.4 Å². The Morgan fingerprint density at radius 3 is 2.36 bits per heavy atom. The summed E-state index contributed by atoms with van der Waals surface area (Å²) in [6.45, 7) is 7.20. The van der Waals surface area contributed by atoms with Gasteiger partial charge < -0.3 is 5.32 Å². The molecule has 1 N–H and O–H groups in total. The van der Waals surface area contributed by atoms with Crippen molar-refractivity contribution in [3.63, 3.8) is 0 Å². The number of hydrogen-bond acceptors (Lipinski definition) is 6. The van der Waals surface area contributed by atoms with Gasteiger partial charge in [-0.15, -0.1) is 0 Å². The average molecular weight is 560 g/mol. The standard InChI is InChI=1S/C28H35F2N5O3S/c1-17(2)19-10-12-34(13-11-19)39(37,38)22-8-9-24(18(3)14-22)32-28-31-16-20-15-23(25(29)30)27(36)35(26(20)33-28)21-6-4-5-7-21/h8-9,14-17,19,21,25H,4-7,10-13H2,1-3H3,(H,31,32,33). The number of aryl methyl sites for hydroxylation is 1. The van der Waals surface area contributed by atoms with Gasteiger partial charge in [-0.1, -0.05) is 26.7 Å². The Bertz CT molecular complexity index is 1530. The van der Waals surface area contributed by atoms with Crippen LogP contribution in [0.25, 0.3) is 11.0 Å². The maximum atomic E-state index is 13.6. The fraction of sp³-hybridized carbons (Fsp3) is 0.536. The molecule has 1 saturated heterocycles. The summed E-state index contributed by atoms with van der Waals surface area (Å²) >= 11 is 0. The molecule has 0 atom stereocenters. The van der Waals surface area contributed by atoms with Crippen molar-refractivity contribution in [2.45, 2.75) is 76.7 Å². The molecule has 2 aromatic heterocycles. The van der Waals surface area contributed by atoms with Gasteiger partial charge in [-0.2, -0.15) is 9.29 Å². The van der Waals surface area contributed by atoms with Crippen molar-refractivity contribution in [1.82, 2.24) is 18.8 Å². The van der Waals surface area contributed by atoms with Crippen LogP contribution < -0.4 is 10.9 Å². The number of nitrogens with one attached hydrogen (secondary N) is 1. The lowest BCUT2D eigenvalue weighted by molar-refractivity contribution is 0.149. The van der Waals surface area contributed by atoms with E-state index in [1.165, 1.54) is 16.8 Å². The highest BCUT2D eigenvalue weighted by Gasteiger charge is 2.31. The van der Waals surface area contributed by atoms with Crippen molar-refractivity contribution in [3.05, 3.63) is 51.9 Å². The van der Waals surface area contributed by atoms with Gasteiger partial charge in [0.15, 0.2) is 0 Å². The number of fused-ring (bicyclic) bond motifs is 1. The molecule has 2 fully saturated rings. The van der Waals surface area contributed by atoms with Crippen molar-refractivity contribution in [3.8, 4) is 0 Å². The summed E-state index contributed by atoms with van der Waals surface area (Å²) in [4.78, 5) is 22.1. The fourth-order valence-electron chi connectivity index (χ4n) is 5.85. The maximum Gasteiger partial charge on any atom is 0.269 e. The zero-order valence-corrected chi connectivity index (χ0v) is 23.3. The van der Waals surface area contributed by atoms with Gasteiger partial charge in [0.25, 0.3) is 12.0 Å². The first-order chi connectivity index (χ1) is 18.6. The summed E-state index contributed by atoms with van der Waals surface area (Å²) in [5, 5.41) is 3.50. The number of pyridine rings is 1. The number of hydrogen-bond donors (Lipinski definition) is 1. The third-order valence-corrected chi connectivity index (χ3v) is 10.1. The Balaban J connectivity index is 1.42. The van der Waals surface area contributed by atoms with Gasteiger partial charge in [0.2, 0.25) is 16.0 Å². The number of benzene rings is 1. The molecule has 210 valence electrons. The third kappa shape index (κ3) is 5.43. The first kappa shape index (κ1) is 27.6. The molecule has 3 heterocycles. The monoisotopic (exact) mass is 559 g/mol. The Labute approximate surface area is 227 Å². The zero-order valence-electron chi connectivity index (χ0n) is 22.5. The van der Waals surface area contributed by atoms with Crippen LogP contribution >= 0.6 is 0 Å². The summed E-state index contributed by atoms with van der Waals surface area (Å²) in [5.74, 6) is 1.28. The number of alkyl halides is 2. The molecule has 1 aliphatic heterocycles. The van der Waals surface area contributed by atoms with Gasteiger partial charge in [-0.05, 0) is 74.3 Å². The van der Waals surface area contributed by atoms with E-state index in [1.54, 1.807) is 29.4 Å². The molecule has 0 spiro atoms. The summed E-state index contributed by atoms with van der Waals surface area (Å²) in [6.07, 6.45) is 3.61. The molecule has 3 aromatic rings. The molecule has 5 rings (SSSR count). The van der Waals surface area contributed by atoms with E-state index in [0.29, 0.717) is 47.2 Å². The number of piperidine rings is 1. The average Bonchev–Trinajstić information content (AvgIpc) is 3.43. The number of anilines is 2. The second-order valence-electron chi connectivity index (χ2n) is 11.1. The lowest BCUT2D eigenvalue weighted by atomic mass is 9.87. The largest absolute Gasteiger partial charge is 0.324 e. The third-order valence-electron chi connectivity index (χ3n) is 8.25. The molecule has 1 aromatic carbocycles. The molecule has 0 amide bonds. The van der Waals surface area contributed by atoms with Crippen molar-refractivity contribution >= 4 is 32.7 Å². The summed E-state index contributed by atoms with van der Waals surface area (Å²) in [5.41, 5.74) is 0.372. The molecule has 0 bridgehead atoms. The highest BCUT2D eigenvalue weighted by molar-refractivity contribution is 7.89. The number of rotatable bonds is 7. The quantitative estimate of drug-likeness (QED) is 0.384. The Hall–Kier alpha value is -2.92. The normalized spacial score (nSPS) is 18.0. The second kappa shape index (κ2) is 10.9.